The number of carbonyl (C=O) groups is 1. The number of nitrogens with one attached hydrogen (secondary N) is 1. The van der Waals surface area contributed by atoms with Gasteiger partial charge in [0.15, 0.2) is 0 Å². The number of carbonyl (C=O) groups excluding carboxylic acids is 1. The summed E-state index contributed by atoms with van der Waals surface area (Å²) < 4.78 is 3.95. The molecular formula is C18H20N6O. The average molecular weight is 336 g/mol. The summed E-state index contributed by atoms with van der Waals surface area (Å²) in [6.07, 6.45) is 2.48. The fourth-order valence-electron chi connectivity index (χ4n) is 3.33. The smallest absolute Gasteiger partial charge is 0.269 e. The number of hydrogen-bond acceptors (Lipinski definition) is 4. The highest BCUT2D eigenvalue weighted by Crippen LogP contribution is 2.20. The molecule has 0 aliphatic carbocycles. The second-order valence-corrected chi connectivity index (χ2v) is 6.45. The predicted octanol–water partition coefficient (Wildman–Crippen LogP) is 1.59. The van der Waals surface area contributed by atoms with Crippen LogP contribution in [0, 0.1) is 12.8 Å². The van der Waals surface area contributed by atoms with Gasteiger partial charge in [0, 0.05) is 38.0 Å². The number of amides is 1. The fraction of sp³-hybridized carbons (Fsp3) is 0.333. The van der Waals surface area contributed by atoms with Gasteiger partial charge in [0.05, 0.1) is 6.20 Å². The van der Waals surface area contributed by atoms with Crippen molar-refractivity contribution in [1.82, 2.24) is 29.6 Å². The van der Waals surface area contributed by atoms with E-state index < -0.39 is 0 Å². The van der Waals surface area contributed by atoms with Gasteiger partial charge < -0.3 is 14.5 Å². The summed E-state index contributed by atoms with van der Waals surface area (Å²) in [5, 5.41) is 11.3. The molecule has 0 saturated heterocycles. The van der Waals surface area contributed by atoms with Gasteiger partial charge >= 0.3 is 0 Å². The molecular weight excluding hydrogens is 316 g/mol. The molecule has 4 rings (SSSR count). The minimum absolute atomic E-state index is 0.100. The number of fused-ring (bicyclic) bond motifs is 1. The van der Waals surface area contributed by atoms with Gasteiger partial charge in [-0.1, -0.05) is 30.3 Å². The first-order chi connectivity index (χ1) is 12.1. The lowest BCUT2D eigenvalue weighted by Gasteiger charge is -2.11. The molecule has 0 fully saturated rings. The molecule has 0 saturated carbocycles. The third-order valence-corrected chi connectivity index (χ3v) is 4.73. The lowest BCUT2D eigenvalue weighted by molar-refractivity contribution is 0.0939. The van der Waals surface area contributed by atoms with Gasteiger partial charge in [-0.3, -0.25) is 4.79 Å². The third kappa shape index (κ3) is 2.82. The largest absolute Gasteiger partial charge is 0.350 e. The molecule has 1 amide bonds. The molecule has 2 aromatic heterocycles. The Morgan fingerprint density at radius 2 is 2.08 bits per heavy atom. The molecule has 1 aliphatic rings. The summed E-state index contributed by atoms with van der Waals surface area (Å²) in [5.41, 5.74) is 1.56. The van der Waals surface area contributed by atoms with E-state index in [1.54, 1.807) is 6.20 Å². The zero-order valence-corrected chi connectivity index (χ0v) is 14.3. The molecule has 1 aliphatic heterocycles. The third-order valence-electron chi connectivity index (χ3n) is 4.73. The Hall–Kier alpha value is -2.96. The van der Waals surface area contributed by atoms with Crippen LogP contribution in [0.15, 0.2) is 36.5 Å². The lowest BCUT2D eigenvalue weighted by atomic mass is 10.1. The highest BCUT2D eigenvalue weighted by molar-refractivity contribution is 5.93. The fourth-order valence-corrected chi connectivity index (χ4v) is 3.33. The predicted molar refractivity (Wildman–Crippen MR) is 92.9 cm³/mol. The van der Waals surface area contributed by atoms with E-state index in [0.717, 1.165) is 36.0 Å². The summed E-state index contributed by atoms with van der Waals surface area (Å²) in [4.78, 5) is 16.9. The van der Waals surface area contributed by atoms with E-state index >= 15 is 0 Å². The molecule has 0 radical (unpaired) electrons. The van der Waals surface area contributed by atoms with Gasteiger partial charge in [-0.15, -0.1) is 10.2 Å². The van der Waals surface area contributed by atoms with E-state index in [4.69, 9.17) is 0 Å². The van der Waals surface area contributed by atoms with E-state index in [1.807, 2.05) is 48.9 Å². The summed E-state index contributed by atoms with van der Waals surface area (Å²) in [5.74, 6) is 2.98. The molecule has 1 atom stereocenters. The maximum atomic E-state index is 12.5. The molecule has 1 unspecified atom stereocenters. The van der Waals surface area contributed by atoms with Gasteiger partial charge in [-0.2, -0.15) is 0 Å². The Labute approximate surface area is 145 Å². The van der Waals surface area contributed by atoms with Crippen LogP contribution in [0.5, 0.6) is 0 Å². The van der Waals surface area contributed by atoms with Crippen molar-refractivity contribution < 1.29 is 4.79 Å². The maximum absolute atomic E-state index is 12.5. The zero-order valence-electron chi connectivity index (χ0n) is 14.3. The molecule has 128 valence electrons. The Kier molecular flexibility index (Phi) is 3.83. The van der Waals surface area contributed by atoms with E-state index in [2.05, 4.69) is 25.1 Å². The van der Waals surface area contributed by atoms with Gasteiger partial charge in [0.2, 0.25) is 0 Å². The van der Waals surface area contributed by atoms with E-state index in [1.165, 1.54) is 0 Å². The molecule has 1 N–H and O–H groups in total. The van der Waals surface area contributed by atoms with Crippen LogP contribution in [-0.2, 0) is 20.0 Å². The SMILES string of the molecule is Cc1nnc2n1CC(CNC(=O)c1cnc(-c3ccccc3)n1C)C2. The van der Waals surface area contributed by atoms with Gasteiger partial charge in [-0.25, -0.2) is 4.98 Å². The van der Waals surface area contributed by atoms with E-state index in [9.17, 15) is 4.79 Å². The Bertz CT molecular complexity index is 911. The topological polar surface area (TPSA) is 77.6 Å². The minimum atomic E-state index is -0.100. The summed E-state index contributed by atoms with van der Waals surface area (Å²) in [7, 11) is 1.87. The molecule has 7 heteroatoms. The average Bonchev–Trinajstić information content (AvgIpc) is 3.30. The van der Waals surface area contributed by atoms with Crippen molar-refractivity contribution in [1.29, 1.82) is 0 Å². The van der Waals surface area contributed by atoms with Crippen molar-refractivity contribution in [2.75, 3.05) is 6.54 Å². The number of benzene rings is 1. The normalized spacial score (nSPS) is 16.0. The van der Waals surface area contributed by atoms with Crippen LogP contribution >= 0.6 is 0 Å². The second-order valence-electron chi connectivity index (χ2n) is 6.45. The first kappa shape index (κ1) is 15.6. The summed E-state index contributed by atoms with van der Waals surface area (Å²) >= 11 is 0. The minimum Gasteiger partial charge on any atom is -0.350 e. The monoisotopic (exact) mass is 336 g/mol. The Morgan fingerprint density at radius 3 is 2.84 bits per heavy atom. The Morgan fingerprint density at radius 1 is 1.28 bits per heavy atom. The van der Waals surface area contributed by atoms with Crippen LogP contribution in [0.3, 0.4) is 0 Å². The van der Waals surface area contributed by atoms with Crippen LogP contribution in [-0.4, -0.2) is 36.8 Å². The standard InChI is InChI=1S/C18H20N6O/c1-12-21-22-16-8-13(11-24(12)16)9-20-18(25)15-10-19-17(23(15)2)14-6-4-3-5-7-14/h3-7,10,13H,8-9,11H2,1-2H3,(H,20,25). The molecule has 1 aromatic carbocycles. The van der Waals surface area contributed by atoms with Crippen molar-refractivity contribution in [3.8, 4) is 11.4 Å². The maximum Gasteiger partial charge on any atom is 0.269 e. The van der Waals surface area contributed by atoms with Crippen LogP contribution in [0.25, 0.3) is 11.4 Å². The lowest BCUT2D eigenvalue weighted by Crippen LogP contribution is -2.31. The van der Waals surface area contributed by atoms with Crippen molar-refractivity contribution in [3.05, 3.63) is 53.9 Å². The van der Waals surface area contributed by atoms with Crippen molar-refractivity contribution >= 4 is 5.91 Å². The van der Waals surface area contributed by atoms with Crippen LogP contribution in [0.4, 0.5) is 0 Å². The molecule has 0 bridgehead atoms. The highest BCUT2D eigenvalue weighted by atomic mass is 16.1. The van der Waals surface area contributed by atoms with Crippen LogP contribution < -0.4 is 5.32 Å². The van der Waals surface area contributed by atoms with Crippen LogP contribution in [0.1, 0.15) is 22.1 Å². The van der Waals surface area contributed by atoms with Gasteiger partial charge in [0.25, 0.3) is 5.91 Å². The number of imidazole rings is 1. The summed E-state index contributed by atoms with van der Waals surface area (Å²) in [6, 6.07) is 9.86. The summed E-state index contributed by atoms with van der Waals surface area (Å²) in [6.45, 7) is 3.43. The molecule has 3 aromatic rings. The quantitative estimate of drug-likeness (QED) is 0.785. The number of hydrogen-bond donors (Lipinski definition) is 1. The van der Waals surface area contributed by atoms with Crippen LogP contribution in [0.2, 0.25) is 0 Å². The first-order valence-corrected chi connectivity index (χ1v) is 8.37. The van der Waals surface area contributed by atoms with Crippen molar-refractivity contribution in [2.45, 2.75) is 19.9 Å². The number of rotatable bonds is 4. The molecule has 0 spiro atoms. The number of aryl methyl sites for hydroxylation is 1. The first-order valence-electron chi connectivity index (χ1n) is 8.37. The van der Waals surface area contributed by atoms with Gasteiger partial charge in [-0.05, 0) is 6.92 Å². The zero-order chi connectivity index (χ0) is 17.4. The molecule has 7 nitrogen and oxygen atoms in total. The van der Waals surface area contributed by atoms with E-state index in [-0.39, 0.29) is 5.91 Å². The Balaban J connectivity index is 1.42. The van der Waals surface area contributed by atoms with Crippen molar-refractivity contribution in [3.63, 3.8) is 0 Å². The van der Waals surface area contributed by atoms with E-state index in [0.29, 0.717) is 18.2 Å². The second kappa shape index (κ2) is 6.16. The highest BCUT2D eigenvalue weighted by Gasteiger charge is 2.25. The number of aromatic nitrogens is 5. The number of nitrogens with zero attached hydrogens (tertiary/aromatic N) is 5. The van der Waals surface area contributed by atoms with Gasteiger partial charge in [0.1, 0.15) is 23.2 Å². The molecule has 3 heterocycles. The van der Waals surface area contributed by atoms with Crippen molar-refractivity contribution in [2.24, 2.45) is 13.0 Å². The molecule has 25 heavy (non-hydrogen) atoms.